The standard InChI is InChI=1S/C13H17ClN4O/c1-19-9-8-18-12(6-7-16-18)13(17-15)10-4-2-3-5-11(10)14/h2-7,13,17H,8-9,15H2,1H3. The summed E-state index contributed by atoms with van der Waals surface area (Å²) in [6, 6.07) is 9.33. The second-order valence-electron chi connectivity index (χ2n) is 4.09. The second kappa shape index (κ2) is 6.68. The van der Waals surface area contributed by atoms with Crippen LogP contribution in [0.3, 0.4) is 0 Å². The molecule has 1 atom stereocenters. The molecule has 0 saturated carbocycles. The lowest BCUT2D eigenvalue weighted by molar-refractivity contribution is 0.182. The summed E-state index contributed by atoms with van der Waals surface area (Å²) in [6.45, 7) is 1.26. The van der Waals surface area contributed by atoms with Crippen molar-refractivity contribution in [1.82, 2.24) is 15.2 Å². The molecule has 0 fully saturated rings. The smallest absolute Gasteiger partial charge is 0.0892 e. The highest BCUT2D eigenvalue weighted by Gasteiger charge is 2.19. The molecule has 1 unspecified atom stereocenters. The van der Waals surface area contributed by atoms with Crippen LogP contribution >= 0.6 is 11.6 Å². The van der Waals surface area contributed by atoms with Crippen molar-refractivity contribution in [3.8, 4) is 0 Å². The number of ether oxygens (including phenoxy) is 1. The summed E-state index contributed by atoms with van der Waals surface area (Å²) in [7, 11) is 1.66. The van der Waals surface area contributed by atoms with Gasteiger partial charge in [0, 0.05) is 18.3 Å². The Labute approximate surface area is 117 Å². The first kappa shape index (κ1) is 14.0. The normalized spacial score (nSPS) is 12.6. The maximum absolute atomic E-state index is 6.22. The molecule has 0 aliphatic rings. The summed E-state index contributed by atoms with van der Waals surface area (Å²) >= 11 is 6.22. The zero-order chi connectivity index (χ0) is 13.7. The van der Waals surface area contributed by atoms with Crippen molar-refractivity contribution in [2.75, 3.05) is 13.7 Å². The summed E-state index contributed by atoms with van der Waals surface area (Å²) in [5.74, 6) is 5.68. The molecule has 0 aliphatic heterocycles. The summed E-state index contributed by atoms with van der Waals surface area (Å²) in [6.07, 6.45) is 1.74. The molecule has 1 aromatic carbocycles. The Kier molecular flexibility index (Phi) is 4.93. The van der Waals surface area contributed by atoms with Crippen molar-refractivity contribution in [2.24, 2.45) is 5.84 Å². The number of aromatic nitrogens is 2. The van der Waals surface area contributed by atoms with Gasteiger partial charge < -0.3 is 4.74 Å². The monoisotopic (exact) mass is 280 g/mol. The SMILES string of the molecule is COCCn1nccc1C(NN)c1ccccc1Cl. The molecule has 2 rings (SSSR count). The van der Waals surface area contributed by atoms with Gasteiger partial charge in [0.05, 0.1) is 24.9 Å². The molecular weight excluding hydrogens is 264 g/mol. The Bertz CT molecular complexity index is 529. The number of hydrogen-bond acceptors (Lipinski definition) is 4. The van der Waals surface area contributed by atoms with Crippen molar-refractivity contribution >= 4 is 11.6 Å². The van der Waals surface area contributed by atoms with Crippen molar-refractivity contribution in [3.05, 3.63) is 52.8 Å². The van der Waals surface area contributed by atoms with Crippen molar-refractivity contribution in [2.45, 2.75) is 12.6 Å². The third-order valence-electron chi connectivity index (χ3n) is 2.94. The predicted molar refractivity (Wildman–Crippen MR) is 74.7 cm³/mol. The van der Waals surface area contributed by atoms with E-state index >= 15 is 0 Å². The Hall–Kier alpha value is -1.40. The Morgan fingerprint density at radius 3 is 2.89 bits per heavy atom. The van der Waals surface area contributed by atoms with E-state index in [9.17, 15) is 0 Å². The molecule has 3 N–H and O–H groups in total. The van der Waals surface area contributed by atoms with Crippen LogP contribution in [-0.4, -0.2) is 23.5 Å². The average molecular weight is 281 g/mol. The minimum atomic E-state index is -0.201. The molecule has 2 aromatic rings. The molecule has 0 aliphatic carbocycles. The second-order valence-corrected chi connectivity index (χ2v) is 4.50. The first-order chi connectivity index (χ1) is 9.27. The number of halogens is 1. The van der Waals surface area contributed by atoms with E-state index in [1.807, 2.05) is 35.0 Å². The Morgan fingerprint density at radius 2 is 2.21 bits per heavy atom. The van der Waals surface area contributed by atoms with Crippen LogP contribution in [-0.2, 0) is 11.3 Å². The average Bonchev–Trinajstić information content (AvgIpc) is 2.88. The fraction of sp³-hybridized carbons (Fsp3) is 0.308. The third kappa shape index (κ3) is 3.13. The van der Waals surface area contributed by atoms with Crippen LogP contribution < -0.4 is 11.3 Å². The van der Waals surface area contributed by atoms with Gasteiger partial charge in [-0.15, -0.1) is 0 Å². The summed E-state index contributed by atoms with van der Waals surface area (Å²) < 4.78 is 6.93. The van der Waals surface area contributed by atoms with Gasteiger partial charge in [-0.1, -0.05) is 29.8 Å². The Morgan fingerprint density at radius 1 is 1.42 bits per heavy atom. The number of benzene rings is 1. The van der Waals surface area contributed by atoms with Crippen molar-refractivity contribution in [1.29, 1.82) is 0 Å². The van der Waals surface area contributed by atoms with Crippen LogP contribution in [0.2, 0.25) is 5.02 Å². The molecular formula is C13H17ClN4O. The number of nitrogens with zero attached hydrogens (tertiary/aromatic N) is 2. The van der Waals surface area contributed by atoms with Gasteiger partial charge in [-0.05, 0) is 17.7 Å². The van der Waals surface area contributed by atoms with E-state index < -0.39 is 0 Å². The Balaban J connectivity index is 2.32. The van der Waals surface area contributed by atoms with Crippen LogP contribution in [0.5, 0.6) is 0 Å². The predicted octanol–water partition coefficient (Wildman–Crippen LogP) is 1.74. The zero-order valence-electron chi connectivity index (χ0n) is 10.7. The highest BCUT2D eigenvalue weighted by atomic mass is 35.5. The lowest BCUT2D eigenvalue weighted by Gasteiger charge is -2.19. The highest BCUT2D eigenvalue weighted by Crippen LogP contribution is 2.27. The van der Waals surface area contributed by atoms with E-state index in [4.69, 9.17) is 22.2 Å². The quantitative estimate of drug-likeness (QED) is 0.625. The van der Waals surface area contributed by atoms with Crippen LogP contribution in [0, 0.1) is 0 Å². The van der Waals surface area contributed by atoms with Crippen molar-refractivity contribution in [3.63, 3.8) is 0 Å². The van der Waals surface area contributed by atoms with E-state index in [1.54, 1.807) is 13.3 Å². The number of methoxy groups -OCH3 is 1. The van der Waals surface area contributed by atoms with Crippen LogP contribution in [0.1, 0.15) is 17.3 Å². The minimum absolute atomic E-state index is 0.201. The number of nitrogens with one attached hydrogen (secondary N) is 1. The summed E-state index contributed by atoms with van der Waals surface area (Å²) in [4.78, 5) is 0. The van der Waals surface area contributed by atoms with Crippen molar-refractivity contribution < 1.29 is 4.74 Å². The van der Waals surface area contributed by atoms with Gasteiger partial charge in [-0.25, -0.2) is 5.43 Å². The fourth-order valence-electron chi connectivity index (χ4n) is 2.00. The summed E-state index contributed by atoms with van der Waals surface area (Å²) in [5, 5.41) is 4.95. The van der Waals surface area contributed by atoms with E-state index in [1.165, 1.54) is 0 Å². The number of rotatable bonds is 6. The van der Waals surface area contributed by atoms with E-state index in [2.05, 4.69) is 10.5 Å². The maximum Gasteiger partial charge on any atom is 0.0892 e. The van der Waals surface area contributed by atoms with Gasteiger partial charge in [0.1, 0.15) is 0 Å². The zero-order valence-corrected chi connectivity index (χ0v) is 11.5. The number of hydrazine groups is 1. The van der Waals surface area contributed by atoms with Crippen LogP contribution in [0.15, 0.2) is 36.5 Å². The van der Waals surface area contributed by atoms with Crippen LogP contribution in [0.4, 0.5) is 0 Å². The first-order valence-electron chi connectivity index (χ1n) is 5.99. The molecule has 1 heterocycles. The largest absolute Gasteiger partial charge is 0.383 e. The molecule has 0 bridgehead atoms. The fourth-order valence-corrected chi connectivity index (χ4v) is 2.24. The minimum Gasteiger partial charge on any atom is -0.383 e. The van der Waals surface area contributed by atoms with E-state index in [-0.39, 0.29) is 6.04 Å². The van der Waals surface area contributed by atoms with Crippen LogP contribution in [0.25, 0.3) is 0 Å². The van der Waals surface area contributed by atoms with Gasteiger partial charge in [0.15, 0.2) is 0 Å². The molecule has 102 valence electrons. The van der Waals surface area contributed by atoms with Gasteiger partial charge in [0.25, 0.3) is 0 Å². The lowest BCUT2D eigenvalue weighted by atomic mass is 10.0. The highest BCUT2D eigenvalue weighted by molar-refractivity contribution is 6.31. The number of nitrogens with two attached hydrogens (primary N) is 1. The van der Waals surface area contributed by atoms with Gasteiger partial charge in [-0.3, -0.25) is 10.5 Å². The molecule has 0 spiro atoms. The third-order valence-corrected chi connectivity index (χ3v) is 3.28. The lowest BCUT2D eigenvalue weighted by Crippen LogP contribution is -2.31. The molecule has 1 aromatic heterocycles. The van der Waals surface area contributed by atoms with E-state index in [0.717, 1.165) is 11.3 Å². The first-order valence-corrected chi connectivity index (χ1v) is 6.37. The van der Waals surface area contributed by atoms with Gasteiger partial charge in [0.2, 0.25) is 0 Å². The molecule has 0 radical (unpaired) electrons. The molecule has 19 heavy (non-hydrogen) atoms. The van der Waals surface area contributed by atoms with Gasteiger partial charge in [-0.2, -0.15) is 5.10 Å². The molecule has 6 heteroatoms. The molecule has 0 amide bonds. The van der Waals surface area contributed by atoms with E-state index in [0.29, 0.717) is 18.2 Å². The number of hydrogen-bond donors (Lipinski definition) is 2. The maximum atomic E-state index is 6.22. The molecule has 5 nitrogen and oxygen atoms in total. The van der Waals surface area contributed by atoms with Gasteiger partial charge >= 0.3 is 0 Å². The topological polar surface area (TPSA) is 65.1 Å². The molecule has 0 saturated heterocycles. The summed E-state index contributed by atoms with van der Waals surface area (Å²) in [5.41, 5.74) is 4.67.